The molecule has 0 bridgehead atoms. The average Bonchev–Trinajstić information content (AvgIpc) is 3.23. The zero-order valence-electron chi connectivity index (χ0n) is 17.9. The third kappa shape index (κ3) is 8.32. The number of carbonyl (C=O) groups excluding carboxylic acids is 1. The smallest absolute Gasteiger partial charge is 0.224 e. The fraction of sp³-hybridized carbons (Fsp3) is 0.714. The van der Waals surface area contributed by atoms with Crippen molar-refractivity contribution in [1.29, 1.82) is 0 Å². The molecule has 3 rings (SSSR count). The van der Waals surface area contributed by atoms with Crippen molar-refractivity contribution in [1.82, 2.24) is 15.5 Å². The number of nitrogens with one attached hydrogen (secondary N) is 2. The second-order valence-corrected chi connectivity index (χ2v) is 8.59. The van der Waals surface area contributed by atoms with Crippen LogP contribution in [0.1, 0.15) is 36.1 Å². The lowest BCUT2D eigenvalue weighted by Gasteiger charge is -2.27. The van der Waals surface area contributed by atoms with Crippen LogP contribution in [0, 0.1) is 5.92 Å². The summed E-state index contributed by atoms with van der Waals surface area (Å²) in [5.74, 6) is 1.59. The highest BCUT2D eigenvalue weighted by atomic mass is 127. The number of amides is 1. The summed E-state index contributed by atoms with van der Waals surface area (Å²) in [5.41, 5.74) is 1.30. The van der Waals surface area contributed by atoms with E-state index in [1.807, 2.05) is 4.90 Å². The third-order valence-corrected chi connectivity index (χ3v) is 6.49. The molecule has 3 heterocycles. The maximum atomic E-state index is 12.5. The van der Waals surface area contributed by atoms with Gasteiger partial charge in [-0.2, -0.15) is 0 Å². The molecule has 0 unspecified atom stereocenters. The van der Waals surface area contributed by atoms with Gasteiger partial charge < -0.3 is 25.0 Å². The lowest BCUT2D eigenvalue weighted by molar-refractivity contribution is -0.131. The molecule has 1 amide bonds. The Morgan fingerprint density at radius 3 is 2.93 bits per heavy atom. The van der Waals surface area contributed by atoms with Crippen molar-refractivity contribution < 1.29 is 14.3 Å². The van der Waals surface area contributed by atoms with Crippen LogP contribution >= 0.6 is 35.3 Å². The second-order valence-electron chi connectivity index (χ2n) is 7.59. The fourth-order valence-corrected chi connectivity index (χ4v) is 4.56. The summed E-state index contributed by atoms with van der Waals surface area (Å²) < 4.78 is 11.1. The molecule has 0 radical (unpaired) electrons. The monoisotopic (exact) mass is 550 g/mol. The Bertz CT molecular complexity index is 664. The fourth-order valence-electron chi connectivity index (χ4n) is 3.67. The van der Waals surface area contributed by atoms with E-state index < -0.39 is 0 Å². The number of rotatable bonds is 9. The third-order valence-electron chi connectivity index (χ3n) is 5.47. The molecule has 0 aliphatic carbocycles. The Balaban J connectivity index is 0.00000320. The normalized spacial score (nSPS) is 17.2. The van der Waals surface area contributed by atoms with Gasteiger partial charge in [0.25, 0.3) is 0 Å². The Morgan fingerprint density at radius 2 is 2.13 bits per heavy atom. The predicted octanol–water partition coefficient (Wildman–Crippen LogP) is 2.64. The van der Waals surface area contributed by atoms with Gasteiger partial charge in [0.1, 0.15) is 0 Å². The Hall–Kier alpha value is -0.910. The Kier molecular flexibility index (Phi) is 12.0. The number of nitrogens with zero attached hydrogens (tertiary/aromatic N) is 2. The van der Waals surface area contributed by atoms with E-state index >= 15 is 0 Å². The van der Waals surface area contributed by atoms with Gasteiger partial charge in [-0.15, -0.1) is 35.3 Å². The molecule has 0 atom stereocenters. The van der Waals surface area contributed by atoms with Crippen molar-refractivity contribution in [2.24, 2.45) is 10.9 Å². The van der Waals surface area contributed by atoms with Crippen molar-refractivity contribution in [3.05, 3.63) is 21.9 Å². The largest absolute Gasteiger partial charge is 0.381 e. The number of guanidine groups is 1. The molecular weight excluding hydrogens is 515 g/mol. The number of halogens is 1. The minimum absolute atomic E-state index is 0. The summed E-state index contributed by atoms with van der Waals surface area (Å²) in [5, 5.41) is 8.64. The molecule has 7 nitrogen and oxygen atoms in total. The van der Waals surface area contributed by atoms with Crippen LogP contribution in [0.4, 0.5) is 0 Å². The van der Waals surface area contributed by atoms with Gasteiger partial charge in [-0.3, -0.25) is 9.79 Å². The van der Waals surface area contributed by atoms with Gasteiger partial charge in [-0.05, 0) is 48.6 Å². The standard InChI is InChI=1S/C21H34N4O3S.HI/c1-22-21(23-8-2-11-28-16-17-5-12-27-13-6-17)24-9-3-20(26)25-10-4-19-18(15-25)7-14-29-19;/h7,14,17H,2-6,8-13,15-16H2,1H3,(H2,22,23,24);1H. The highest BCUT2D eigenvalue weighted by Crippen LogP contribution is 2.24. The second kappa shape index (κ2) is 14.2. The van der Waals surface area contributed by atoms with Gasteiger partial charge in [0.2, 0.25) is 5.91 Å². The van der Waals surface area contributed by atoms with E-state index in [9.17, 15) is 4.79 Å². The first-order chi connectivity index (χ1) is 14.3. The molecule has 0 aromatic carbocycles. The molecule has 1 aromatic rings. The number of thiophene rings is 1. The van der Waals surface area contributed by atoms with Crippen LogP contribution in [0.15, 0.2) is 16.4 Å². The molecule has 2 aliphatic rings. The van der Waals surface area contributed by atoms with E-state index in [0.717, 1.165) is 77.7 Å². The van der Waals surface area contributed by atoms with Gasteiger partial charge in [-0.25, -0.2) is 0 Å². The van der Waals surface area contributed by atoms with E-state index in [1.165, 1.54) is 10.4 Å². The van der Waals surface area contributed by atoms with Crippen LogP contribution in [0.5, 0.6) is 0 Å². The van der Waals surface area contributed by atoms with E-state index in [-0.39, 0.29) is 29.9 Å². The summed E-state index contributed by atoms with van der Waals surface area (Å²) in [4.78, 5) is 20.1. The van der Waals surface area contributed by atoms with Crippen LogP contribution in [0.2, 0.25) is 0 Å². The van der Waals surface area contributed by atoms with Crippen LogP contribution in [-0.4, -0.2) is 69.9 Å². The number of aliphatic imine (C=N–C) groups is 1. The molecule has 1 aromatic heterocycles. The lowest BCUT2D eigenvalue weighted by Crippen LogP contribution is -2.41. The highest BCUT2D eigenvalue weighted by Gasteiger charge is 2.21. The topological polar surface area (TPSA) is 75.2 Å². The van der Waals surface area contributed by atoms with Crippen molar-refractivity contribution in [2.75, 3.05) is 53.1 Å². The number of hydrogen-bond acceptors (Lipinski definition) is 5. The molecule has 0 spiro atoms. The van der Waals surface area contributed by atoms with Crippen molar-refractivity contribution in [2.45, 2.75) is 38.6 Å². The van der Waals surface area contributed by atoms with Crippen molar-refractivity contribution in [3.63, 3.8) is 0 Å². The summed E-state index contributed by atoms with van der Waals surface area (Å²) in [6.45, 7) is 6.28. The minimum atomic E-state index is 0. The molecule has 9 heteroatoms. The Labute approximate surface area is 201 Å². The summed E-state index contributed by atoms with van der Waals surface area (Å²) in [6.07, 6.45) is 4.61. The number of ether oxygens (including phenoxy) is 2. The van der Waals surface area contributed by atoms with Crippen molar-refractivity contribution >= 4 is 47.2 Å². The van der Waals surface area contributed by atoms with E-state index in [4.69, 9.17) is 9.47 Å². The van der Waals surface area contributed by atoms with E-state index in [2.05, 4.69) is 27.1 Å². The highest BCUT2D eigenvalue weighted by molar-refractivity contribution is 14.0. The minimum Gasteiger partial charge on any atom is -0.381 e. The van der Waals surface area contributed by atoms with Gasteiger partial charge in [0, 0.05) is 71.0 Å². The quantitative estimate of drug-likeness (QED) is 0.214. The summed E-state index contributed by atoms with van der Waals surface area (Å²) in [6, 6.07) is 2.14. The maximum absolute atomic E-state index is 12.5. The van der Waals surface area contributed by atoms with Gasteiger partial charge in [0.05, 0.1) is 0 Å². The van der Waals surface area contributed by atoms with Crippen LogP contribution in [-0.2, 0) is 27.2 Å². The van der Waals surface area contributed by atoms with Gasteiger partial charge >= 0.3 is 0 Å². The lowest BCUT2D eigenvalue weighted by atomic mass is 10.0. The Morgan fingerprint density at radius 1 is 1.33 bits per heavy atom. The molecule has 2 aliphatic heterocycles. The first-order valence-electron chi connectivity index (χ1n) is 10.7. The van der Waals surface area contributed by atoms with Crippen LogP contribution in [0.3, 0.4) is 0 Å². The number of fused-ring (bicyclic) bond motifs is 1. The molecular formula is C21H35IN4O3S. The zero-order valence-corrected chi connectivity index (χ0v) is 21.0. The molecule has 0 saturated carbocycles. The average molecular weight is 551 g/mol. The molecule has 30 heavy (non-hydrogen) atoms. The molecule has 2 N–H and O–H groups in total. The van der Waals surface area contributed by atoms with E-state index in [0.29, 0.717) is 18.9 Å². The van der Waals surface area contributed by atoms with Gasteiger partial charge in [-0.1, -0.05) is 0 Å². The molecule has 1 fully saturated rings. The molecule has 1 saturated heterocycles. The maximum Gasteiger partial charge on any atom is 0.224 e. The predicted molar refractivity (Wildman–Crippen MR) is 132 cm³/mol. The number of hydrogen-bond donors (Lipinski definition) is 2. The number of carbonyl (C=O) groups is 1. The SMILES string of the molecule is CN=C(NCCCOCC1CCOCC1)NCCC(=O)N1CCc2sccc2C1.I. The summed E-state index contributed by atoms with van der Waals surface area (Å²) >= 11 is 1.80. The summed E-state index contributed by atoms with van der Waals surface area (Å²) in [7, 11) is 1.75. The first kappa shape index (κ1) is 25.4. The first-order valence-corrected chi connectivity index (χ1v) is 11.6. The van der Waals surface area contributed by atoms with Gasteiger partial charge in [0.15, 0.2) is 5.96 Å². The van der Waals surface area contributed by atoms with Crippen LogP contribution in [0.25, 0.3) is 0 Å². The molecule has 170 valence electrons. The van der Waals surface area contributed by atoms with E-state index in [1.54, 1.807) is 18.4 Å². The van der Waals surface area contributed by atoms with Crippen molar-refractivity contribution in [3.8, 4) is 0 Å². The zero-order chi connectivity index (χ0) is 20.3. The van der Waals surface area contributed by atoms with Crippen LogP contribution < -0.4 is 10.6 Å².